The second kappa shape index (κ2) is 9.19. The minimum atomic E-state index is -4.47. The lowest BCUT2D eigenvalue weighted by Crippen LogP contribution is -2.47. The van der Waals surface area contributed by atoms with Crippen molar-refractivity contribution >= 4 is 29.3 Å². The van der Waals surface area contributed by atoms with Gasteiger partial charge in [0.1, 0.15) is 5.82 Å². The number of carbonyl (C=O) groups is 2. The summed E-state index contributed by atoms with van der Waals surface area (Å²) >= 11 is 0. The van der Waals surface area contributed by atoms with E-state index in [1.165, 1.54) is 30.2 Å². The van der Waals surface area contributed by atoms with Crippen molar-refractivity contribution in [1.82, 2.24) is 14.9 Å². The molecular formula is C20H23F3N6O2. The van der Waals surface area contributed by atoms with Crippen LogP contribution < -0.4 is 15.5 Å². The predicted molar refractivity (Wildman–Crippen MR) is 110 cm³/mol. The fourth-order valence-electron chi connectivity index (χ4n) is 3.36. The predicted octanol–water partition coefficient (Wildman–Crippen LogP) is 3.59. The first kappa shape index (κ1) is 22.3. The maximum absolute atomic E-state index is 12.9. The Morgan fingerprint density at radius 3 is 2.42 bits per heavy atom. The Labute approximate surface area is 177 Å². The van der Waals surface area contributed by atoms with Crippen LogP contribution in [0.5, 0.6) is 0 Å². The van der Waals surface area contributed by atoms with Crippen LogP contribution in [0.4, 0.5) is 35.3 Å². The molecule has 8 nitrogen and oxygen atoms in total. The fourth-order valence-corrected chi connectivity index (χ4v) is 3.36. The molecule has 3 rings (SSSR count). The van der Waals surface area contributed by atoms with Gasteiger partial charge in [-0.3, -0.25) is 4.79 Å². The Hall–Kier alpha value is -3.37. The zero-order chi connectivity index (χ0) is 22.6. The minimum Gasteiger partial charge on any atom is -0.355 e. The zero-order valence-corrected chi connectivity index (χ0v) is 17.1. The van der Waals surface area contributed by atoms with Gasteiger partial charge < -0.3 is 20.4 Å². The summed E-state index contributed by atoms with van der Waals surface area (Å²) in [4.78, 5) is 35.6. The van der Waals surface area contributed by atoms with E-state index in [0.717, 1.165) is 12.1 Å². The maximum Gasteiger partial charge on any atom is 0.416 e. The second-order valence-electron chi connectivity index (χ2n) is 7.28. The van der Waals surface area contributed by atoms with Crippen molar-refractivity contribution in [2.24, 2.45) is 0 Å². The highest BCUT2D eigenvalue weighted by atomic mass is 19.4. The van der Waals surface area contributed by atoms with Gasteiger partial charge >= 0.3 is 12.2 Å². The second-order valence-corrected chi connectivity index (χ2v) is 7.28. The number of rotatable bonds is 4. The molecule has 31 heavy (non-hydrogen) atoms. The molecule has 1 fully saturated rings. The van der Waals surface area contributed by atoms with E-state index in [1.54, 1.807) is 13.2 Å². The summed E-state index contributed by atoms with van der Waals surface area (Å²) in [6.45, 7) is 2.67. The van der Waals surface area contributed by atoms with Gasteiger partial charge in [-0.1, -0.05) is 6.07 Å². The van der Waals surface area contributed by atoms with E-state index in [-0.39, 0.29) is 17.6 Å². The Kier molecular flexibility index (Phi) is 6.62. The van der Waals surface area contributed by atoms with E-state index < -0.39 is 17.8 Å². The van der Waals surface area contributed by atoms with E-state index in [1.807, 2.05) is 4.90 Å². The third kappa shape index (κ3) is 5.83. The number of urea groups is 1. The lowest BCUT2D eigenvalue weighted by atomic mass is 10.0. The van der Waals surface area contributed by atoms with Crippen molar-refractivity contribution in [2.45, 2.75) is 32.0 Å². The van der Waals surface area contributed by atoms with Crippen molar-refractivity contribution in [3.63, 3.8) is 0 Å². The Bertz CT molecular complexity index is 927. The van der Waals surface area contributed by atoms with Crippen LogP contribution in [-0.4, -0.2) is 53.0 Å². The molecule has 0 unspecified atom stereocenters. The van der Waals surface area contributed by atoms with Gasteiger partial charge in [-0.25, -0.2) is 14.8 Å². The summed E-state index contributed by atoms with van der Waals surface area (Å²) in [5.74, 6) is 0.815. The highest BCUT2D eigenvalue weighted by Crippen LogP contribution is 2.31. The molecule has 2 heterocycles. The average Bonchev–Trinajstić information content (AvgIpc) is 2.73. The summed E-state index contributed by atoms with van der Waals surface area (Å²) in [5, 5.41) is 5.09. The van der Waals surface area contributed by atoms with E-state index in [2.05, 4.69) is 20.6 Å². The van der Waals surface area contributed by atoms with Crippen LogP contribution in [0.1, 0.15) is 25.3 Å². The summed E-state index contributed by atoms with van der Waals surface area (Å²) in [5.41, 5.74) is -0.717. The van der Waals surface area contributed by atoms with Gasteiger partial charge in [-0.05, 0) is 31.0 Å². The lowest BCUT2D eigenvalue weighted by Gasteiger charge is -2.37. The zero-order valence-electron chi connectivity index (χ0n) is 17.1. The quantitative estimate of drug-likeness (QED) is 0.765. The summed E-state index contributed by atoms with van der Waals surface area (Å²) < 4.78 is 38.6. The van der Waals surface area contributed by atoms with Gasteiger partial charge in [0.05, 0.1) is 18.0 Å². The number of carbonyl (C=O) groups excluding carboxylic acids is 2. The number of piperidine rings is 1. The average molecular weight is 436 g/mol. The molecule has 166 valence electrons. The molecule has 3 amide bonds. The number of benzene rings is 1. The topological polar surface area (TPSA) is 90.5 Å². The van der Waals surface area contributed by atoms with Crippen LogP contribution in [0.3, 0.4) is 0 Å². The molecule has 11 heteroatoms. The molecular weight excluding hydrogens is 413 g/mol. The molecule has 0 atom stereocenters. The SMILES string of the molecule is CC(=O)Nc1cnc(N2CCC(N(C)C(=O)Nc3cccc(C(F)(F)F)c3)CC2)cn1. The smallest absolute Gasteiger partial charge is 0.355 e. The normalized spacial score (nSPS) is 14.8. The molecule has 0 spiro atoms. The molecule has 1 aliphatic rings. The molecule has 1 aliphatic heterocycles. The van der Waals surface area contributed by atoms with Gasteiger partial charge in [-0.2, -0.15) is 13.2 Å². The monoisotopic (exact) mass is 436 g/mol. The van der Waals surface area contributed by atoms with E-state index in [0.29, 0.717) is 37.6 Å². The van der Waals surface area contributed by atoms with Gasteiger partial charge in [0, 0.05) is 38.8 Å². The van der Waals surface area contributed by atoms with Crippen molar-refractivity contribution in [1.29, 1.82) is 0 Å². The van der Waals surface area contributed by atoms with Crippen LogP contribution in [0.25, 0.3) is 0 Å². The number of hydrogen-bond acceptors (Lipinski definition) is 5. The molecule has 2 aromatic rings. The number of halogens is 3. The highest BCUT2D eigenvalue weighted by Gasteiger charge is 2.31. The van der Waals surface area contributed by atoms with Crippen molar-refractivity contribution in [3.05, 3.63) is 42.2 Å². The molecule has 1 saturated heterocycles. The first-order valence-electron chi connectivity index (χ1n) is 9.69. The largest absolute Gasteiger partial charge is 0.416 e. The Balaban J connectivity index is 1.54. The third-order valence-electron chi connectivity index (χ3n) is 5.04. The van der Waals surface area contributed by atoms with Gasteiger partial charge in [0.25, 0.3) is 0 Å². The molecule has 0 saturated carbocycles. The van der Waals surface area contributed by atoms with Gasteiger partial charge in [0.15, 0.2) is 5.82 Å². The molecule has 0 aliphatic carbocycles. The Morgan fingerprint density at radius 1 is 1.13 bits per heavy atom. The number of aromatic nitrogens is 2. The molecule has 1 aromatic heterocycles. The first-order chi connectivity index (χ1) is 14.6. The summed E-state index contributed by atoms with van der Waals surface area (Å²) in [6, 6.07) is 4.03. The van der Waals surface area contributed by atoms with Crippen LogP contribution in [0.15, 0.2) is 36.7 Å². The minimum absolute atomic E-state index is 0.0614. The van der Waals surface area contributed by atoms with Crippen molar-refractivity contribution in [2.75, 3.05) is 35.7 Å². The number of amides is 3. The van der Waals surface area contributed by atoms with E-state index in [9.17, 15) is 22.8 Å². The number of hydrogen-bond donors (Lipinski definition) is 2. The lowest BCUT2D eigenvalue weighted by molar-refractivity contribution is -0.137. The van der Waals surface area contributed by atoms with E-state index >= 15 is 0 Å². The number of nitrogens with zero attached hydrogens (tertiary/aromatic N) is 4. The van der Waals surface area contributed by atoms with E-state index in [4.69, 9.17) is 0 Å². The Morgan fingerprint density at radius 2 is 1.84 bits per heavy atom. The number of nitrogens with one attached hydrogen (secondary N) is 2. The molecule has 0 bridgehead atoms. The fraction of sp³-hybridized carbons (Fsp3) is 0.400. The third-order valence-corrected chi connectivity index (χ3v) is 5.04. The molecule has 2 N–H and O–H groups in total. The van der Waals surface area contributed by atoms with Crippen molar-refractivity contribution < 1.29 is 22.8 Å². The standard InChI is InChI=1S/C20H23F3N6O2/c1-13(30)26-17-11-25-18(12-24-17)29-8-6-16(7-9-29)28(2)19(31)27-15-5-3-4-14(10-15)20(21,22)23/h3-5,10-12,16H,6-9H2,1-2H3,(H,27,31)(H,24,26,30). The first-order valence-corrected chi connectivity index (χ1v) is 9.69. The van der Waals surface area contributed by atoms with Crippen LogP contribution in [0, 0.1) is 0 Å². The maximum atomic E-state index is 12.9. The molecule has 0 radical (unpaired) electrons. The summed E-state index contributed by atoms with van der Waals surface area (Å²) in [6.07, 6.45) is -0.0703. The van der Waals surface area contributed by atoms with Crippen LogP contribution in [-0.2, 0) is 11.0 Å². The van der Waals surface area contributed by atoms with Crippen molar-refractivity contribution in [3.8, 4) is 0 Å². The highest BCUT2D eigenvalue weighted by molar-refractivity contribution is 5.89. The van der Waals surface area contributed by atoms with Crippen LogP contribution in [0.2, 0.25) is 0 Å². The van der Waals surface area contributed by atoms with Gasteiger partial charge in [0.2, 0.25) is 5.91 Å². The number of anilines is 3. The molecule has 1 aromatic carbocycles. The number of alkyl halides is 3. The van der Waals surface area contributed by atoms with Crippen LogP contribution >= 0.6 is 0 Å². The van der Waals surface area contributed by atoms with Gasteiger partial charge in [-0.15, -0.1) is 0 Å². The summed E-state index contributed by atoms with van der Waals surface area (Å²) in [7, 11) is 1.63.